The Balaban J connectivity index is 1.83. The first-order chi connectivity index (χ1) is 23.3. The number of carbonyl (C=O) groups is 2. The van der Waals surface area contributed by atoms with Gasteiger partial charge in [0.2, 0.25) is 0 Å². The van der Waals surface area contributed by atoms with E-state index in [4.69, 9.17) is 14.2 Å². The summed E-state index contributed by atoms with van der Waals surface area (Å²) in [4.78, 5) is 20.9. The number of ether oxygens (including phenoxy) is 3. The van der Waals surface area contributed by atoms with Crippen molar-refractivity contribution in [3.63, 3.8) is 0 Å². The quantitative estimate of drug-likeness (QED) is 0.0342. The molecule has 260 valence electrons. The molecule has 0 radical (unpaired) electrons. The molecule has 0 spiro atoms. The Kier molecular flexibility index (Phi) is 26.1. The topological polar surface area (TPSA) is 61.8 Å². The van der Waals surface area contributed by atoms with Crippen molar-refractivity contribution >= 4 is 12.6 Å². The molecule has 47 heavy (non-hydrogen) atoms. The van der Waals surface area contributed by atoms with Gasteiger partial charge in [0.15, 0.2) is 12.6 Å². The van der Waals surface area contributed by atoms with Crippen LogP contribution in [0, 0.1) is 0 Å². The Morgan fingerprint density at radius 3 is 1.09 bits per heavy atom. The second kappa shape index (κ2) is 30.5. The summed E-state index contributed by atoms with van der Waals surface area (Å²) in [6.45, 7) is 0.934. The lowest BCUT2D eigenvalue weighted by molar-refractivity contribution is -0.215. The third-order valence-corrected chi connectivity index (χ3v) is 8.25. The third kappa shape index (κ3) is 24.0. The second-order valence-electron chi connectivity index (χ2n) is 12.5. The van der Waals surface area contributed by atoms with E-state index in [1.54, 1.807) is 0 Å². The smallest absolute Gasteiger partial charge is 0.180 e. The molecule has 0 aliphatic heterocycles. The van der Waals surface area contributed by atoms with Gasteiger partial charge < -0.3 is 23.8 Å². The fraction of sp³-hybridized carbons (Fsp3) is 0.571. The number of unbranched alkanes of at least 4 members (excludes halogenated alkanes) is 18. The Hall–Kier alpha value is -2.86. The predicted octanol–water partition coefficient (Wildman–Crippen LogP) is 11.4. The van der Waals surface area contributed by atoms with Gasteiger partial charge in [0.25, 0.3) is 0 Å². The zero-order valence-corrected chi connectivity index (χ0v) is 29.0. The summed E-state index contributed by atoms with van der Waals surface area (Å²) in [6, 6.07) is 20.4. The minimum Gasteiger partial charge on any atom is -0.344 e. The average molecular weight is 647 g/mol. The van der Waals surface area contributed by atoms with Crippen LogP contribution in [0.2, 0.25) is 0 Å². The molecule has 0 aliphatic rings. The highest BCUT2D eigenvalue weighted by Gasteiger charge is 2.14. The van der Waals surface area contributed by atoms with Gasteiger partial charge in [-0.25, -0.2) is 0 Å². The zero-order chi connectivity index (χ0) is 33.3. The van der Waals surface area contributed by atoms with E-state index in [1.807, 2.05) is 48.6 Å². The summed E-state index contributed by atoms with van der Waals surface area (Å²) >= 11 is 0. The molecule has 0 saturated carbocycles. The first kappa shape index (κ1) is 40.3. The van der Waals surface area contributed by atoms with Crippen LogP contribution in [0.4, 0.5) is 0 Å². The first-order valence-corrected chi connectivity index (χ1v) is 18.5. The average Bonchev–Trinajstić information content (AvgIpc) is 3.11. The molecular formula is C42H62O5. The Morgan fingerprint density at radius 1 is 0.426 bits per heavy atom. The maximum Gasteiger partial charge on any atom is 0.180 e. The van der Waals surface area contributed by atoms with Crippen LogP contribution in [0.1, 0.15) is 140 Å². The molecule has 2 aromatic rings. The highest BCUT2D eigenvalue weighted by atomic mass is 16.8. The molecule has 0 heterocycles. The van der Waals surface area contributed by atoms with Gasteiger partial charge in [-0.1, -0.05) is 150 Å². The predicted molar refractivity (Wildman–Crippen MR) is 194 cm³/mol. The SMILES string of the molecule is O=CCCCCCCCCCCC=CC(OCc1ccccc1)OC(C=CCCCCCCCCCCC=O)OCc1ccccc1. The number of hydrogen-bond donors (Lipinski definition) is 0. The number of hydrogen-bond acceptors (Lipinski definition) is 5. The highest BCUT2D eigenvalue weighted by molar-refractivity contribution is 5.49. The molecule has 2 unspecified atom stereocenters. The Bertz CT molecular complexity index is 952. The standard InChI is InChI=1S/C42H62O5/c43-35-27-17-13-9-5-1-3-7-11-15-25-33-41(45-37-39-29-21-19-22-30-39)47-42(46-38-40-31-23-20-24-32-40)34-26-16-12-8-4-2-6-10-14-18-28-36-44/h19-26,29-36,41-42H,1-18,27-28,37-38H2. The minimum absolute atomic E-state index is 0.467. The lowest BCUT2D eigenvalue weighted by atomic mass is 10.1. The molecule has 0 saturated heterocycles. The Labute approximate surface area is 286 Å². The van der Waals surface area contributed by atoms with E-state index in [0.29, 0.717) is 26.1 Å². The van der Waals surface area contributed by atoms with E-state index in [0.717, 1.165) is 62.2 Å². The summed E-state index contributed by atoms with van der Waals surface area (Å²) in [7, 11) is 0. The highest BCUT2D eigenvalue weighted by Crippen LogP contribution is 2.16. The molecule has 0 aromatic heterocycles. The number of benzene rings is 2. The van der Waals surface area contributed by atoms with E-state index in [2.05, 4.69) is 36.4 Å². The Morgan fingerprint density at radius 2 is 0.745 bits per heavy atom. The first-order valence-electron chi connectivity index (χ1n) is 18.5. The van der Waals surface area contributed by atoms with Crippen molar-refractivity contribution in [1.82, 2.24) is 0 Å². The molecule has 0 bridgehead atoms. The summed E-state index contributed by atoms with van der Waals surface area (Å²) in [6.07, 6.45) is 32.1. The fourth-order valence-electron chi connectivity index (χ4n) is 5.43. The minimum atomic E-state index is -0.515. The van der Waals surface area contributed by atoms with Gasteiger partial charge in [0.1, 0.15) is 12.6 Å². The van der Waals surface area contributed by atoms with Crippen molar-refractivity contribution in [3.05, 3.63) is 96.1 Å². The normalized spacial score (nSPS) is 12.9. The molecule has 5 nitrogen and oxygen atoms in total. The summed E-state index contributed by atoms with van der Waals surface area (Å²) in [5, 5.41) is 0. The number of carbonyl (C=O) groups excluding carboxylic acids is 2. The van der Waals surface area contributed by atoms with Crippen molar-refractivity contribution in [2.45, 2.75) is 154 Å². The summed E-state index contributed by atoms with van der Waals surface area (Å²) in [5.41, 5.74) is 2.22. The number of aldehydes is 2. The third-order valence-electron chi connectivity index (χ3n) is 8.25. The van der Waals surface area contributed by atoms with E-state index in [1.165, 1.54) is 77.0 Å². The molecule has 2 aromatic carbocycles. The molecule has 5 heteroatoms. The number of allylic oxidation sites excluding steroid dienone is 2. The second-order valence-corrected chi connectivity index (χ2v) is 12.5. The molecule has 0 aliphatic carbocycles. The maximum absolute atomic E-state index is 10.4. The van der Waals surface area contributed by atoms with Crippen LogP contribution >= 0.6 is 0 Å². The fourth-order valence-corrected chi connectivity index (χ4v) is 5.43. The lowest BCUT2D eigenvalue weighted by Crippen LogP contribution is -2.24. The van der Waals surface area contributed by atoms with Gasteiger partial charge in [-0.05, 0) is 61.8 Å². The summed E-state index contributed by atoms with van der Waals surface area (Å²) in [5.74, 6) is 0. The lowest BCUT2D eigenvalue weighted by Gasteiger charge is -2.22. The van der Waals surface area contributed by atoms with Crippen LogP contribution in [0.15, 0.2) is 85.0 Å². The van der Waals surface area contributed by atoms with Crippen molar-refractivity contribution in [1.29, 1.82) is 0 Å². The van der Waals surface area contributed by atoms with Crippen LogP contribution in [0.25, 0.3) is 0 Å². The largest absolute Gasteiger partial charge is 0.344 e. The van der Waals surface area contributed by atoms with Gasteiger partial charge in [0, 0.05) is 12.8 Å². The van der Waals surface area contributed by atoms with Crippen LogP contribution < -0.4 is 0 Å². The van der Waals surface area contributed by atoms with Crippen molar-refractivity contribution in [3.8, 4) is 0 Å². The van der Waals surface area contributed by atoms with E-state index >= 15 is 0 Å². The van der Waals surface area contributed by atoms with Gasteiger partial charge in [-0.2, -0.15) is 0 Å². The van der Waals surface area contributed by atoms with Gasteiger partial charge >= 0.3 is 0 Å². The summed E-state index contributed by atoms with van der Waals surface area (Å²) < 4.78 is 19.0. The molecule has 2 atom stereocenters. The molecule has 0 fully saturated rings. The molecule has 0 amide bonds. The van der Waals surface area contributed by atoms with Crippen molar-refractivity contribution < 1.29 is 23.8 Å². The monoisotopic (exact) mass is 646 g/mol. The maximum atomic E-state index is 10.4. The van der Waals surface area contributed by atoms with Crippen LogP contribution in [0.5, 0.6) is 0 Å². The van der Waals surface area contributed by atoms with Crippen LogP contribution in [0.3, 0.4) is 0 Å². The zero-order valence-electron chi connectivity index (χ0n) is 29.0. The molecular weight excluding hydrogens is 584 g/mol. The van der Waals surface area contributed by atoms with Gasteiger partial charge in [0.05, 0.1) is 13.2 Å². The number of rotatable bonds is 32. The van der Waals surface area contributed by atoms with Crippen LogP contribution in [-0.4, -0.2) is 25.2 Å². The van der Waals surface area contributed by atoms with Crippen molar-refractivity contribution in [2.24, 2.45) is 0 Å². The van der Waals surface area contributed by atoms with E-state index in [9.17, 15) is 9.59 Å². The van der Waals surface area contributed by atoms with Gasteiger partial charge in [-0.15, -0.1) is 0 Å². The molecule has 2 rings (SSSR count). The van der Waals surface area contributed by atoms with Crippen LogP contribution in [-0.2, 0) is 37.0 Å². The van der Waals surface area contributed by atoms with Gasteiger partial charge in [-0.3, -0.25) is 0 Å². The van der Waals surface area contributed by atoms with E-state index in [-0.39, 0.29) is 0 Å². The van der Waals surface area contributed by atoms with Crippen molar-refractivity contribution in [2.75, 3.05) is 0 Å². The van der Waals surface area contributed by atoms with E-state index < -0.39 is 12.6 Å². The molecule has 0 N–H and O–H groups in total.